The molecule has 1 unspecified atom stereocenters. The van der Waals surface area contributed by atoms with Crippen molar-refractivity contribution in [3.05, 3.63) is 29.8 Å². The molecule has 0 spiro atoms. The van der Waals surface area contributed by atoms with E-state index in [1.165, 1.54) is 0 Å². The number of ether oxygens (including phenoxy) is 2. The largest absolute Gasteiger partial charge is 0.497 e. The van der Waals surface area contributed by atoms with Crippen molar-refractivity contribution in [3.8, 4) is 5.75 Å². The van der Waals surface area contributed by atoms with Crippen LogP contribution < -0.4 is 10.5 Å². The molecule has 0 amide bonds. The number of hydrogen-bond donors (Lipinski definition) is 1. The summed E-state index contributed by atoms with van der Waals surface area (Å²) in [4.78, 5) is 11.8. The van der Waals surface area contributed by atoms with Crippen LogP contribution in [0.15, 0.2) is 24.3 Å². The van der Waals surface area contributed by atoms with E-state index >= 15 is 0 Å². The first kappa shape index (κ1) is 17.5. The van der Waals surface area contributed by atoms with E-state index in [1.807, 2.05) is 24.3 Å². The Labute approximate surface area is 127 Å². The normalized spacial score (nSPS) is 12.0. The topological polar surface area (TPSA) is 61.6 Å². The third-order valence-corrected chi connectivity index (χ3v) is 3.59. The van der Waals surface area contributed by atoms with Gasteiger partial charge < -0.3 is 15.2 Å². The molecule has 118 valence electrons. The summed E-state index contributed by atoms with van der Waals surface area (Å²) in [6.07, 6.45) is 4.58. The second kappa shape index (κ2) is 10.2. The van der Waals surface area contributed by atoms with E-state index in [0.29, 0.717) is 25.5 Å². The molecule has 0 aliphatic carbocycles. The molecule has 1 aromatic rings. The van der Waals surface area contributed by atoms with E-state index in [0.717, 1.165) is 37.0 Å². The zero-order valence-electron chi connectivity index (χ0n) is 13.1. The second-order valence-electron chi connectivity index (χ2n) is 5.28. The Balaban J connectivity index is 2.29. The van der Waals surface area contributed by atoms with Crippen molar-refractivity contribution < 1.29 is 14.3 Å². The number of carbonyl (C=O) groups excluding carboxylic acids is 1. The Kier molecular flexibility index (Phi) is 8.51. The van der Waals surface area contributed by atoms with Crippen LogP contribution in [-0.4, -0.2) is 19.6 Å². The zero-order chi connectivity index (χ0) is 15.5. The third kappa shape index (κ3) is 7.14. The molecule has 0 radical (unpaired) electrons. The van der Waals surface area contributed by atoms with Crippen molar-refractivity contribution in [2.75, 3.05) is 13.7 Å². The Hall–Kier alpha value is -1.55. The lowest BCUT2D eigenvalue weighted by Gasteiger charge is -2.14. The van der Waals surface area contributed by atoms with Gasteiger partial charge in [0.1, 0.15) is 12.4 Å². The van der Waals surface area contributed by atoms with Crippen molar-refractivity contribution in [1.29, 1.82) is 0 Å². The van der Waals surface area contributed by atoms with Gasteiger partial charge in [-0.3, -0.25) is 4.79 Å². The Morgan fingerprint density at radius 3 is 2.48 bits per heavy atom. The minimum Gasteiger partial charge on any atom is -0.497 e. The van der Waals surface area contributed by atoms with Gasteiger partial charge in [0, 0.05) is 6.42 Å². The standard InChI is InChI=1S/C17H27NO3/c1-3-4-14(11-12-18)7-10-17(19)21-13-15-5-8-16(20-2)9-6-15/h5-6,8-9,14H,3-4,7,10-13,18H2,1-2H3. The Bertz CT molecular complexity index is 397. The maximum Gasteiger partial charge on any atom is 0.306 e. The zero-order valence-corrected chi connectivity index (χ0v) is 13.1. The lowest BCUT2D eigenvalue weighted by molar-refractivity contribution is -0.145. The van der Waals surface area contributed by atoms with Crippen LogP contribution in [0.25, 0.3) is 0 Å². The van der Waals surface area contributed by atoms with Crippen LogP contribution in [0.2, 0.25) is 0 Å². The minimum absolute atomic E-state index is 0.135. The molecule has 0 fully saturated rings. The highest BCUT2D eigenvalue weighted by Gasteiger charge is 2.11. The number of methoxy groups -OCH3 is 1. The van der Waals surface area contributed by atoms with E-state index in [2.05, 4.69) is 6.92 Å². The van der Waals surface area contributed by atoms with Crippen molar-refractivity contribution in [2.24, 2.45) is 11.7 Å². The minimum atomic E-state index is -0.135. The number of nitrogens with two attached hydrogens (primary N) is 1. The van der Waals surface area contributed by atoms with E-state index in [1.54, 1.807) is 7.11 Å². The van der Waals surface area contributed by atoms with Crippen LogP contribution >= 0.6 is 0 Å². The van der Waals surface area contributed by atoms with Gasteiger partial charge >= 0.3 is 5.97 Å². The molecule has 0 saturated heterocycles. The van der Waals surface area contributed by atoms with Crippen LogP contribution in [0.3, 0.4) is 0 Å². The molecule has 0 aliphatic heterocycles. The Morgan fingerprint density at radius 1 is 1.19 bits per heavy atom. The van der Waals surface area contributed by atoms with E-state index in [9.17, 15) is 4.79 Å². The molecule has 4 nitrogen and oxygen atoms in total. The second-order valence-corrected chi connectivity index (χ2v) is 5.28. The van der Waals surface area contributed by atoms with Gasteiger partial charge in [-0.05, 0) is 43.0 Å². The maximum atomic E-state index is 11.8. The molecule has 1 atom stereocenters. The Morgan fingerprint density at radius 2 is 1.90 bits per heavy atom. The number of hydrogen-bond acceptors (Lipinski definition) is 4. The average Bonchev–Trinajstić information content (AvgIpc) is 2.51. The predicted molar refractivity (Wildman–Crippen MR) is 84.1 cm³/mol. The van der Waals surface area contributed by atoms with Gasteiger partial charge in [-0.1, -0.05) is 31.9 Å². The molecule has 21 heavy (non-hydrogen) atoms. The number of benzene rings is 1. The van der Waals surface area contributed by atoms with Crippen molar-refractivity contribution in [1.82, 2.24) is 0 Å². The smallest absolute Gasteiger partial charge is 0.306 e. The molecule has 0 aromatic heterocycles. The molecule has 0 aliphatic rings. The average molecular weight is 293 g/mol. The quantitative estimate of drug-likeness (QED) is 0.672. The van der Waals surface area contributed by atoms with Crippen molar-refractivity contribution in [2.45, 2.75) is 45.6 Å². The number of rotatable bonds is 10. The van der Waals surface area contributed by atoms with E-state index in [-0.39, 0.29) is 5.97 Å². The summed E-state index contributed by atoms with van der Waals surface area (Å²) in [5.41, 5.74) is 6.57. The highest BCUT2D eigenvalue weighted by molar-refractivity contribution is 5.69. The van der Waals surface area contributed by atoms with Gasteiger partial charge in [0.25, 0.3) is 0 Å². The summed E-state index contributed by atoms with van der Waals surface area (Å²) in [5.74, 6) is 1.20. The number of carbonyl (C=O) groups is 1. The predicted octanol–water partition coefficient (Wildman–Crippen LogP) is 3.28. The third-order valence-electron chi connectivity index (χ3n) is 3.59. The lowest BCUT2D eigenvalue weighted by Crippen LogP contribution is -2.12. The summed E-state index contributed by atoms with van der Waals surface area (Å²) < 4.78 is 10.4. The molecule has 1 rings (SSSR count). The molecule has 1 aromatic carbocycles. The highest BCUT2D eigenvalue weighted by Crippen LogP contribution is 2.18. The SMILES string of the molecule is CCCC(CCN)CCC(=O)OCc1ccc(OC)cc1. The lowest BCUT2D eigenvalue weighted by atomic mass is 9.94. The van der Waals surface area contributed by atoms with E-state index in [4.69, 9.17) is 15.2 Å². The fourth-order valence-electron chi connectivity index (χ4n) is 2.36. The molecule has 0 heterocycles. The fraction of sp³-hybridized carbons (Fsp3) is 0.588. The van der Waals surface area contributed by atoms with Crippen LogP contribution in [0.1, 0.15) is 44.6 Å². The first-order valence-electron chi connectivity index (χ1n) is 7.68. The first-order valence-corrected chi connectivity index (χ1v) is 7.68. The van der Waals surface area contributed by atoms with Crippen LogP contribution in [0, 0.1) is 5.92 Å². The number of esters is 1. The first-order chi connectivity index (χ1) is 10.2. The van der Waals surface area contributed by atoms with Gasteiger partial charge in [-0.25, -0.2) is 0 Å². The van der Waals surface area contributed by atoms with Crippen molar-refractivity contribution in [3.63, 3.8) is 0 Å². The molecule has 2 N–H and O–H groups in total. The highest BCUT2D eigenvalue weighted by atomic mass is 16.5. The summed E-state index contributed by atoms with van der Waals surface area (Å²) in [6, 6.07) is 7.53. The van der Waals surface area contributed by atoms with E-state index < -0.39 is 0 Å². The molecular weight excluding hydrogens is 266 g/mol. The summed E-state index contributed by atoms with van der Waals surface area (Å²) >= 11 is 0. The van der Waals surface area contributed by atoms with Crippen molar-refractivity contribution >= 4 is 5.97 Å². The van der Waals surface area contributed by atoms with Gasteiger partial charge in [0.15, 0.2) is 0 Å². The summed E-state index contributed by atoms with van der Waals surface area (Å²) in [6.45, 7) is 3.16. The van der Waals surface area contributed by atoms with Crippen LogP contribution in [-0.2, 0) is 16.1 Å². The van der Waals surface area contributed by atoms with Gasteiger partial charge in [0.2, 0.25) is 0 Å². The molecule has 0 bridgehead atoms. The molecule has 4 heteroatoms. The molecular formula is C17H27NO3. The summed E-state index contributed by atoms with van der Waals surface area (Å²) in [7, 11) is 1.63. The summed E-state index contributed by atoms with van der Waals surface area (Å²) in [5, 5.41) is 0. The fourth-order valence-corrected chi connectivity index (χ4v) is 2.36. The van der Waals surface area contributed by atoms with Crippen LogP contribution in [0.5, 0.6) is 5.75 Å². The monoisotopic (exact) mass is 293 g/mol. The van der Waals surface area contributed by atoms with Gasteiger partial charge in [0.05, 0.1) is 7.11 Å². The van der Waals surface area contributed by atoms with Gasteiger partial charge in [-0.2, -0.15) is 0 Å². The van der Waals surface area contributed by atoms with Crippen LogP contribution in [0.4, 0.5) is 0 Å². The van der Waals surface area contributed by atoms with Gasteiger partial charge in [-0.15, -0.1) is 0 Å². The maximum absolute atomic E-state index is 11.8. The molecule has 0 saturated carbocycles.